The SMILES string of the molecule is CCc1cn(CCOCCCOC)c(=O)[nH]c1=O. The highest BCUT2D eigenvalue weighted by Crippen LogP contribution is 1.90. The first-order valence-electron chi connectivity index (χ1n) is 6.08. The van der Waals surface area contributed by atoms with Gasteiger partial charge in [0.25, 0.3) is 5.56 Å². The van der Waals surface area contributed by atoms with Gasteiger partial charge in [-0.1, -0.05) is 6.92 Å². The number of aromatic nitrogens is 2. The molecular weight excluding hydrogens is 236 g/mol. The van der Waals surface area contributed by atoms with Crippen molar-refractivity contribution in [1.29, 1.82) is 0 Å². The lowest BCUT2D eigenvalue weighted by atomic mass is 10.3. The van der Waals surface area contributed by atoms with Gasteiger partial charge in [-0.3, -0.25) is 14.3 Å². The molecule has 1 heterocycles. The molecule has 1 aromatic rings. The molecule has 1 N–H and O–H groups in total. The van der Waals surface area contributed by atoms with Crippen LogP contribution >= 0.6 is 0 Å². The number of hydrogen-bond donors (Lipinski definition) is 1. The molecule has 0 aliphatic rings. The van der Waals surface area contributed by atoms with E-state index in [2.05, 4.69) is 4.98 Å². The van der Waals surface area contributed by atoms with Crippen molar-refractivity contribution >= 4 is 0 Å². The van der Waals surface area contributed by atoms with Gasteiger partial charge >= 0.3 is 5.69 Å². The van der Waals surface area contributed by atoms with Crippen LogP contribution in [0.15, 0.2) is 15.8 Å². The van der Waals surface area contributed by atoms with Crippen LogP contribution in [0.1, 0.15) is 18.9 Å². The fourth-order valence-corrected chi connectivity index (χ4v) is 1.54. The largest absolute Gasteiger partial charge is 0.385 e. The van der Waals surface area contributed by atoms with Gasteiger partial charge in [-0.05, 0) is 12.8 Å². The number of methoxy groups -OCH3 is 1. The molecule has 102 valence electrons. The van der Waals surface area contributed by atoms with E-state index < -0.39 is 5.69 Å². The molecule has 0 unspecified atom stereocenters. The Morgan fingerprint density at radius 3 is 2.72 bits per heavy atom. The summed E-state index contributed by atoms with van der Waals surface area (Å²) in [5.74, 6) is 0. The number of aromatic amines is 1. The van der Waals surface area contributed by atoms with Crippen LogP contribution in [0.4, 0.5) is 0 Å². The number of rotatable bonds is 8. The average molecular weight is 256 g/mol. The highest BCUT2D eigenvalue weighted by atomic mass is 16.5. The van der Waals surface area contributed by atoms with Gasteiger partial charge in [0.1, 0.15) is 0 Å². The molecule has 0 amide bonds. The van der Waals surface area contributed by atoms with Gasteiger partial charge in [0, 0.05) is 32.1 Å². The van der Waals surface area contributed by atoms with Crippen LogP contribution in [-0.2, 0) is 22.4 Å². The number of hydrogen-bond acceptors (Lipinski definition) is 4. The van der Waals surface area contributed by atoms with Crippen molar-refractivity contribution in [1.82, 2.24) is 9.55 Å². The van der Waals surface area contributed by atoms with Crippen molar-refractivity contribution in [3.05, 3.63) is 32.6 Å². The Kier molecular flexibility index (Phi) is 6.38. The Hall–Kier alpha value is -1.40. The zero-order valence-corrected chi connectivity index (χ0v) is 10.9. The number of aryl methyl sites for hydroxylation is 1. The Morgan fingerprint density at radius 1 is 1.28 bits per heavy atom. The predicted octanol–water partition coefficient (Wildman–Crippen LogP) is 0.152. The molecule has 0 aliphatic carbocycles. The highest BCUT2D eigenvalue weighted by Gasteiger charge is 2.02. The predicted molar refractivity (Wildman–Crippen MR) is 68.0 cm³/mol. The minimum atomic E-state index is -0.391. The summed E-state index contributed by atoms with van der Waals surface area (Å²) >= 11 is 0. The van der Waals surface area contributed by atoms with E-state index >= 15 is 0 Å². The third-order valence-corrected chi connectivity index (χ3v) is 2.58. The van der Waals surface area contributed by atoms with Crippen molar-refractivity contribution in [2.24, 2.45) is 0 Å². The van der Waals surface area contributed by atoms with Crippen molar-refractivity contribution in [2.75, 3.05) is 26.9 Å². The van der Waals surface area contributed by atoms with E-state index in [1.807, 2.05) is 6.92 Å². The average Bonchev–Trinajstić information content (AvgIpc) is 2.36. The first kappa shape index (κ1) is 14.7. The number of nitrogens with one attached hydrogen (secondary N) is 1. The third kappa shape index (κ3) is 4.46. The first-order valence-corrected chi connectivity index (χ1v) is 6.08. The lowest BCUT2D eigenvalue weighted by Gasteiger charge is -2.07. The van der Waals surface area contributed by atoms with Gasteiger partial charge in [-0.2, -0.15) is 0 Å². The molecule has 6 nitrogen and oxygen atoms in total. The van der Waals surface area contributed by atoms with Gasteiger partial charge < -0.3 is 9.47 Å². The van der Waals surface area contributed by atoms with E-state index in [4.69, 9.17) is 9.47 Å². The molecule has 0 radical (unpaired) electrons. The molecule has 0 atom stereocenters. The van der Waals surface area contributed by atoms with Crippen LogP contribution in [0.2, 0.25) is 0 Å². The smallest absolute Gasteiger partial charge is 0.328 e. The summed E-state index contributed by atoms with van der Waals surface area (Å²) in [6, 6.07) is 0. The van der Waals surface area contributed by atoms with Gasteiger partial charge in [0.05, 0.1) is 13.2 Å². The van der Waals surface area contributed by atoms with Crippen LogP contribution < -0.4 is 11.2 Å². The molecule has 0 bridgehead atoms. The zero-order valence-electron chi connectivity index (χ0n) is 10.9. The van der Waals surface area contributed by atoms with E-state index in [9.17, 15) is 9.59 Å². The van der Waals surface area contributed by atoms with Crippen molar-refractivity contribution in [2.45, 2.75) is 26.3 Å². The van der Waals surface area contributed by atoms with Crippen LogP contribution in [0, 0.1) is 0 Å². The normalized spacial score (nSPS) is 10.8. The summed E-state index contributed by atoms with van der Waals surface area (Å²) in [5.41, 5.74) is -0.0913. The molecule has 0 aromatic carbocycles. The Bertz CT molecular complexity index is 464. The van der Waals surface area contributed by atoms with Gasteiger partial charge in [-0.25, -0.2) is 4.79 Å². The second-order valence-corrected chi connectivity index (χ2v) is 3.92. The fourth-order valence-electron chi connectivity index (χ4n) is 1.54. The molecule has 0 aliphatic heterocycles. The summed E-state index contributed by atoms with van der Waals surface area (Å²) in [5, 5.41) is 0. The van der Waals surface area contributed by atoms with E-state index in [1.165, 1.54) is 4.57 Å². The summed E-state index contributed by atoms with van der Waals surface area (Å²) < 4.78 is 11.7. The maximum atomic E-state index is 11.5. The summed E-state index contributed by atoms with van der Waals surface area (Å²) in [7, 11) is 1.64. The number of nitrogens with zero attached hydrogens (tertiary/aromatic N) is 1. The second kappa shape index (κ2) is 7.84. The van der Waals surface area contributed by atoms with Gasteiger partial charge in [0.15, 0.2) is 0 Å². The summed E-state index contributed by atoms with van der Waals surface area (Å²) in [6.45, 7) is 4.03. The van der Waals surface area contributed by atoms with Crippen LogP contribution in [-0.4, -0.2) is 36.5 Å². The zero-order chi connectivity index (χ0) is 13.4. The van der Waals surface area contributed by atoms with E-state index in [0.717, 1.165) is 6.42 Å². The van der Waals surface area contributed by atoms with Crippen molar-refractivity contribution < 1.29 is 9.47 Å². The van der Waals surface area contributed by atoms with Crippen LogP contribution in [0.25, 0.3) is 0 Å². The van der Waals surface area contributed by atoms with Crippen molar-refractivity contribution in [3.63, 3.8) is 0 Å². The second-order valence-electron chi connectivity index (χ2n) is 3.92. The lowest BCUT2D eigenvalue weighted by molar-refractivity contribution is 0.0970. The minimum absolute atomic E-state index is 0.306. The summed E-state index contributed by atoms with van der Waals surface area (Å²) in [4.78, 5) is 25.2. The first-order chi connectivity index (χ1) is 8.69. The number of H-pyrrole nitrogens is 1. The molecule has 1 aromatic heterocycles. The molecule has 18 heavy (non-hydrogen) atoms. The van der Waals surface area contributed by atoms with Gasteiger partial charge in [0.2, 0.25) is 0 Å². The lowest BCUT2D eigenvalue weighted by Crippen LogP contribution is -2.32. The molecule has 0 spiro atoms. The third-order valence-electron chi connectivity index (χ3n) is 2.58. The fraction of sp³-hybridized carbons (Fsp3) is 0.667. The maximum Gasteiger partial charge on any atom is 0.328 e. The summed E-state index contributed by atoms with van der Waals surface area (Å²) in [6.07, 6.45) is 3.03. The molecule has 0 saturated carbocycles. The molecule has 6 heteroatoms. The Balaban J connectivity index is 2.47. The maximum absolute atomic E-state index is 11.5. The van der Waals surface area contributed by atoms with Gasteiger partial charge in [-0.15, -0.1) is 0 Å². The Morgan fingerprint density at radius 2 is 2.06 bits per heavy atom. The monoisotopic (exact) mass is 256 g/mol. The van der Waals surface area contributed by atoms with Crippen LogP contribution in [0.5, 0.6) is 0 Å². The molecule has 1 rings (SSSR count). The van der Waals surface area contributed by atoms with E-state index in [0.29, 0.717) is 38.3 Å². The van der Waals surface area contributed by atoms with Crippen LogP contribution in [0.3, 0.4) is 0 Å². The topological polar surface area (TPSA) is 73.3 Å². The highest BCUT2D eigenvalue weighted by molar-refractivity contribution is 5.03. The van der Waals surface area contributed by atoms with E-state index in [-0.39, 0.29) is 5.56 Å². The standard InChI is InChI=1S/C12H20N2O4/c1-3-10-9-14(12(16)13-11(10)15)5-8-18-7-4-6-17-2/h9H,3-8H2,1-2H3,(H,13,15,16). The quantitative estimate of drug-likeness (QED) is 0.672. The minimum Gasteiger partial charge on any atom is -0.385 e. The Labute approximate surface area is 106 Å². The molecule has 0 saturated heterocycles. The van der Waals surface area contributed by atoms with E-state index in [1.54, 1.807) is 13.3 Å². The number of ether oxygens (including phenoxy) is 2. The van der Waals surface area contributed by atoms with Crippen molar-refractivity contribution in [3.8, 4) is 0 Å². The molecule has 0 fully saturated rings. The molecular formula is C12H20N2O4.